The highest BCUT2D eigenvalue weighted by molar-refractivity contribution is 7.89. The number of aliphatic carboxylic acids is 1. The number of imidazole rings is 1. The van der Waals surface area contributed by atoms with Crippen LogP contribution in [-0.2, 0) is 21.2 Å². The summed E-state index contributed by atoms with van der Waals surface area (Å²) in [6, 6.07) is 0. The van der Waals surface area contributed by atoms with E-state index in [9.17, 15) is 13.2 Å². The van der Waals surface area contributed by atoms with Crippen LogP contribution in [0.3, 0.4) is 0 Å². The molecule has 1 heterocycles. The van der Waals surface area contributed by atoms with E-state index in [0.29, 0.717) is 12.2 Å². The van der Waals surface area contributed by atoms with Crippen LogP contribution in [0.4, 0.5) is 0 Å². The molecule has 0 aliphatic rings. The maximum Gasteiger partial charge on any atom is 0.303 e. The Balaban J connectivity index is 2.81. The number of carboxylic acids is 1. The fraction of sp³-hybridized carbons (Fsp3) is 0.636. The number of nitrogens with one attached hydrogen (secondary N) is 2. The van der Waals surface area contributed by atoms with Crippen LogP contribution in [0.25, 0.3) is 0 Å². The molecule has 7 nitrogen and oxygen atoms in total. The van der Waals surface area contributed by atoms with E-state index in [2.05, 4.69) is 14.7 Å². The van der Waals surface area contributed by atoms with Gasteiger partial charge in [0.15, 0.2) is 5.03 Å². The molecule has 19 heavy (non-hydrogen) atoms. The number of aromatic nitrogens is 2. The Labute approximate surface area is 112 Å². The fourth-order valence-electron chi connectivity index (χ4n) is 1.55. The number of carboxylic acid groups (broad SMARTS) is 1. The summed E-state index contributed by atoms with van der Waals surface area (Å²) in [5.41, 5.74) is -0.839. The zero-order valence-electron chi connectivity index (χ0n) is 11.2. The Morgan fingerprint density at radius 2 is 2.16 bits per heavy atom. The van der Waals surface area contributed by atoms with Crippen LogP contribution in [0, 0.1) is 0 Å². The molecule has 0 spiro atoms. The summed E-state index contributed by atoms with van der Waals surface area (Å²) in [5.74, 6) is -0.370. The molecule has 0 radical (unpaired) electrons. The predicted octanol–water partition coefficient (Wildman–Crippen LogP) is 0.894. The monoisotopic (exact) mass is 289 g/mol. The van der Waals surface area contributed by atoms with E-state index in [-0.39, 0.29) is 17.9 Å². The van der Waals surface area contributed by atoms with Crippen molar-refractivity contribution in [3.63, 3.8) is 0 Å². The lowest BCUT2D eigenvalue weighted by molar-refractivity contribution is -0.137. The second kappa shape index (κ2) is 5.70. The Morgan fingerprint density at radius 3 is 2.63 bits per heavy atom. The van der Waals surface area contributed by atoms with Crippen molar-refractivity contribution in [3.05, 3.63) is 12.0 Å². The second-order valence-corrected chi connectivity index (χ2v) is 6.58. The maximum atomic E-state index is 12.1. The minimum absolute atomic E-state index is 0.00671. The molecule has 3 N–H and O–H groups in total. The molecule has 0 saturated heterocycles. The SMILES string of the molecule is CCc1ncc(S(=O)(=O)NC(C)(C)CCC(=O)O)[nH]1. The third-order valence-electron chi connectivity index (χ3n) is 2.60. The summed E-state index contributed by atoms with van der Waals surface area (Å²) in [7, 11) is -3.72. The summed E-state index contributed by atoms with van der Waals surface area (Å²) >= 11 is 0. The second-order valence-electron chi connectivity index (χ2n) is 4.93. The number of hydrogen-bond donors (Lipinski definition) is 3. The topological polar surface area (TPSA) is 112 Å². The lowest BCUT2D eigenvalue weighted by Crippen LogP contribution is -2.43. The molecule has 0 atom stereocenters. The van der Waals surface area contributed by atoms with E-state index in [1.54, 1.807) is 13.8 Å². The number of carbonyl (C=O) groups is 1. The molecule has 1 rings (SSSR count). The molecule has 0 aliphatic heterocycles. The van der Waals surface area contributed by atoms with Gasteiger partial charge in [0.2, 0.25) is 0 Å². The smallest absolute Gasteiger partial charge is 0.303 e. The number of aromatic amines is 1. The van der Waals surface area contributed by atoms with Gasteiger partial charge in [-0.3, -0.25) is 4.79 Å². The van der Waals surface area contributed by atoms with E-state index < -0.39 is 21.5 Å². The molecule has 1 aromatic heterocycles. The number of sulfonamides is 1. The highest BCUT2D eigenvalue weighted by atomic mass is 32.2. The van der Waals surface area contributed by atoms with E-state index in [1.165, 1.54) is 6.20 Å². The van der Waals surface area contributed by atoms with Gasteiger partial charge in [0.25, 0.3) is 10.0 Å². The van der Waals surface area contributed by atoms with Gasteiger partial charge in [-0.15, -0.1) is 0 Å². The Hall–Kier alpha value is -1.41. The van der Waals surface area contributed by atoms with Crippen molar-refractivity contribution in [1.82, 2.24) is 14.7 Å². The van der Waals surface area contributed by atoms with Gasteiger partial charge in [0.05, 0.1) is 6.20 Å². The largest absolute Gasteiger partial charge is 0.481 e. The Bertz CT molecular complexity index is 548. The van der Waals surface area contributed by atoms with Gasteiger partial charge in [-0.1, -0.05) is 6.92 Å². The van der Waals surface area contributed by atoms with Gasteiger partial charge in [-0.25, -0.2) is 18.1 Å². The normalized spacial score (nSPS) is 12.6. The molecule has 0 bridgehead atoms. The molecule has 8 heteroatoms. The summed E-state index contributed by atoms with van der Waals surface area (Å²) in [6.45, 7) is 5.15. The predicted molar refractivity (Wildman–Crippen MR) is 69.2 cm³/mol. The van der Waals surface area contributed by atoms with Crippen LogP contribution in [0.2, 0.25) is 0 Å². The van der Waals surface area contributed by atoms with Crippen molar-refractivity contribution >= 4 is 16.0 Å². The van der Waals surface area contributed by atoms with Crippen LogP contribution in [-0.4, -0.2) is 35.0 Å². The average Bonchev–Trinajstić information content (AvgIpc) is 2.74. The third-order valence-corrected chi connectivity index (χ3v) is 4.21. The summed E-state index contributed by atoms with van der Waals surface area (Å²) in [6.07, 6.45) is 1.97. The highest BCUT2D eigenvalue weighted by Gasteiger charge is 2.27. The van der Waals surface area contributed by atoms with Crippen LogP contribution in [0.5, 0.6) is 0 Å². The minimum Gasteiger partial charge on any atom is -0.481 e. The van der Waals surface area contributed by atoms with Gasteiger partial charge in [0.1, 0.15) is 5.82 Å². The number of H-pyrrole nitrogens is 1. The molecular weight excluding hydrogens is 270 g/mol. The van der Waals surface area contributed by atoms with Crippen molar-refractivity contribution in [2.24, 2.45) is 0 Å². The van der Waals surface area contributed by atoms with Gasteiger partial charge < -0.3 is 10.1 Å². The molecule has 0 unspecified atom stereocenters. The summed E-state index contributed by atoms with van der Waals surface area (Å²) < 4.78 is 26.7. The lowest BCUT2D eigenvalue weighted by atomic mass is 10.0. The van der Waals surface area contributed by atoms with Gasteiger partial charge in [-0.2, -0.15) is 0 Å². The fourth-order valence-corrected chi connectivity index (χ4v) is 2.93. The molecule has 108 valence electrons. The first kappa shape index (κ1) is 15.6. The van der Waals surface area contributed by atoms with Gasteiger partial charge in [-0.05, 0) is 20.3 Å². The van der Waals surface area contributed by atoms with Crippen LogP contribution in [0.15, 0.2) is 11.2 Å². The van der Waals surface area contributed by atoms with Gasteiger partial charge >= 0.3 is 5.97 Å². The van der Waals surface area contributed by atoms with E-state index in [0.717, 1.165) is 0 Å². The maximum absolute atomic E-state index is 12.1. The molecule has 0 saturated carbocycles. The Morgan fingerprint density at radius 1 is 1.53 bits per heavy atom. The molecular formula is C11H19N3O4S. The van der Waals surface area contributed by atoms with Crippen LogP contribution < -0.4 is 4.72 Å². The van der Waals surface area contributed by atoms with Crippen molar-refractivity contribution < 1.29 is 18.3 Å². The number of nitrogens with zero attached hydrogens (tertiary/aromatic N) is 1. The molecule has 0 aromatic carbocycles. The molecule has 0 amide bonds. The standard InChI is InChI=1S/C11H19N3O4S/c1-4-8-12-7-9(13-8)19(17,18)14-11(2,3)6-5-10(15)16/h7,14H,4-6H2,1-3H3,(H,12,13)(H,15,16). The van der Waals surface area contributed by atoms with Gasteiger partial charge in [0, 0.05) is 18.4 Å². The van der Waals surface area contributed by atoms with E-state index >= 15 is 0 Å². The summed E-state index contributed by atoms with van der Waals surface area (Å²) in [4.78, 5) is 17.2. The zero-order valence-corrected chi connectivity index (χ0v) is 12.0. The molecule has 1 aromatic rings. The molecule has 0 aliphatic carbocycles. The van der Waals surface area contributed by atoms with E-state index in [1.807, 2.05) is 6.92 Å². The first-order valence-electron chi connectivity index (χ1n) is 5.96. The lowest BCUT2D eigenvalue weighted by Gasteiger charge is -2.24. The number of aryl methyl sites for hydroxylation is 1. The number of rotatable bonds is 7. The van der Waals surface area contributed by atoms with Crippen molar-refractivity contribution in [3.8, 4) is 0 Å². The van der Waals surface area contributed by atoms with Crippen LogP contribution in [0.1, 0.15) is 39.4 Å². The van der Waals surface area contributed by atoms with Crippen molar-refractivity contribution in [1.29, 1.82) is 0 Å². The minimum atomic E-state index is -3.72. The van der Waals surface area contributed by atoms with E-state index in [4.69, 9.17) is 5.11 Å². The highest BCUT2D eigenvalue weighted by Crippen LogP contribution is 2.16. The van der Waals surface area contributed by atoms with Crippen molar-refractivity contribution in [2.45, 2.75) is 50.6 Å². The quantitative estimate of drug-likeness (QED) is 0.690. The van der Waals surface area contributed by atoms with Crippen molar-refractivity contribution in [2.75, 3.05) is 0 Å². The molecule has 0 fully saturated rings. The first-order valence-corrected chi connectivity index (χ1v) is 7.44. The summed E-state index contributed by atoms with van der Waals surface area (Å²) in [5, 5.41) is 8.63. The zero-order chi connectivity index (χ0) is 14.7. The Kier molecular flexibility index (Phi) is 4.70. The first-order chi connectivity index (χ1) is 8.66. The van der Waals surface area contributed by atoms with Crippen LogP contribution >= 0.6 is 0 Å². The average molecular weight is 289 g/mol. The number of hydrogen-bond acceptors (Lipinski definition) is 4. The third kappa shape index (κ3) is 4.64.